The summed E-state index contributed by atoms with van der Waals surface area (Å²) in [5.74, 6) is 0.612. The van der Waals surface area contributed by atoms with E-state index in [4.69, 9.17) is 15.2 Å². The van der Waals surface area contributed by atoms with E-state index < -0.39 is 5.91 Å². The molecule has 1 aromatic carbocycles. The molecule has 4 heteroatoms. The molecule has 0 unspecified atom stereocenters. The van der Waals surface area contributed by atoms with E-state index in [9.17, 15) is 4.79 Å². The van der Waals surface area contributed by atoms with E-state index in [1.807, 2.05) is 0 Å². The van der Waals surface area contributed by atoms with Crippen LogP contribution in [-0.4, -0.2) is 19.1 Å². The molecule has 102 valence electrons. The third-order valence-corrected chi connectivity index (χ3v) is 2.35. The van der Waals surface area contributed by atoms with Gasteiger partial charge in [-0.15, -0.1) is 13.2 Å². The van der Waals surface area contributed by atoms with E-state index in [1.54, 1.807) is 30.4 Å². The Morgan fingerprint density at radius 1 is 1.05 bits per heavy atom. The van der Waals surface area contributed by atoms with Gasteiger partial charge in [0.05, 0.1) is 13.2 Å². The Hall–Kier alpha value is -2.23. The van der Waals surface area contributed by atoms with E-state index in [2.05, 4.69) is 13.2 Å². The van der Waals surface area contributed by atoms with Crippen LogP contribution >= 0.6 is 0 Å². The summed E-state index contributed by atoms with van der Waals surface area (Å²) in [5.41, 5.74) is 5.64. The lowest BCUT2D eigenvalue weighted by atomic mass is 10.2. The fraction of sp³-hybridized carbons (Fsp3) is 0.267. The highest BCUT2D eigenvalue weighted by Gasteiger charge is 2.07. The topological polar surface area (TPSA) is 61.6 Å². The minimum absolute atomic E-state index is 0.365. The number of hydrogen-bond donors (Lipinski definition) is 1. The number of primary amides is 1. The van der Waals surface area contributed by atoms with Crippen LogP contribution in [0.3, 0.4) is 0 Å². The summed E-state index contributed by atoms with van der Waals surface area (Å²) in [6.07, 6.45) is 4.99. The van der Waals surface area contributed by atoms with E-state index in [0.717, 1.165) is 12.8 Å². The number of carbonyl (C=O) groups excluding carboxylic acids is 1. The molecule has 0 bridgehead atoms. The average Bonchev–Trinajstić information content (AvgIpc) is 2.39. The SMILES string of the molecule is C=CCCOc1cc(OCCC=C)cc(C(N)=O)c1. The minimum Gasteiger partial charge on any atom is -0.493 e. The average molecular weight is 261 g/mol. The minimum atomic E-state index is -0.511. The molecular formula is C15H19NO3. The van der Waals surface area contributed by atoms with E-state index in [-0.39, 0.29) is 0 Å². The summed E-state index contributed by atoms with van der Waals surface area (Å²) >= 11 is 0. The van der Waals surface area contributed by atoms with Gasteiger partial charge in [-0.05, 0) is 25.0 Å². The van der Waals surface area contributed by atoms with Crippen LogP contribution in [0.2, 0.25) is 0 Å². The number of nitrogens with two attached hydrogens (primary N) is 1. The number of hydrogen-bond acceptors (Lipinski definition) is 3. The Morgan fingerprint density at radius 2 is 1.53 bits per heavy atom. The molecule has 0 aliphatic carbocycles. The smallest absolute Gasteiger partial charge is 0.248 e. The van der Waals surface area contributed by atoms with Gasteiger partial charge in [0, 0.05) is 11.6 Å². The van der Waals surface area contributed by atoms with Crippen molar-refractivity contribution in [3.05, 3.63) is 49.1 Å². The van der Waals surface area contributed by atoms with Crippen molar-refractivity contribution in [2.45, 2.75) is 12.8 Å². The molecule has 0 aromatic heterocycles. The van der Waals surface area contributed by atoms with Crippen molar-refractivity contribution in [2.24, 2.45) is 5.73 Å². The molecule has 0 radical (unpaired) electrons. The Balaban J connectivity index is 2.80. The molecule has 0 saturated carbocycles. The molecule has 1 amide bonds. The van der Waals surface area contributed by atoms with Gasteiger partial charge < -0.3 is 15.2 Å². The molecule has 1 rings (SSSR count). The molecule has 0 fully saturated rings. The lowest BCUT2D eigenvalue weighted by Gasteiger charge is -2.10. The maximum atomic E-state index is 11.2. The maximum absolute atomic E-state index is 11.2. The van der Waals surface area contributed by atoms with Crippen molar-refractivity contribution in [2.75, 3.05) is 13.2 Å². The predicted octanol–water partition coefficient (Wildman–Crippen LogP) is 2.70. The van der Waals surface area contributed by atoms with Crippen LogP contribution in [0.1, 0.15) is 23.2 Å². The lowest BCUT2D eigenvalue weighted by Crippen LogP contribution is -2.11. The van der Waals surface area contributed by atoms with Gasteiger partial charge in [0.15, 0.2) is 0 Å². The first-order valence-corrected chi connectivity index (χ1v) is 6.09. The number of amides is 1. The van der Waals surface area contributed by atoms with Crippen LogP contribution in [-0.2, 0) is 0 Å². The zero-order chi connectivity index (χ0) is 14.1. The van der Waals surface area contributed by atoms with Crippen molar-refractivity contribution in [1.82, 2.24) is 0 Å². The van der Waals surface area contributed by atoms with Gasteiger partial charge in [-0.3, -0.25) is 4.79 Å². The zero-order valence-electron chi connectivity index (χ0n) is 10.9. The first-order chi connectivity index (χ1) is 9.17. The van der Waals surface area contributed by atoms with Gasteiger partial charge in [0.2, 0.25) is 5.91 Å². The molecule has 2 N–H and O–H groups in total. The van der Waals surface area contributed by atoms with Crippen LogP contribution in [0.15, 0.2) is 43.5 Å². The van der Waals surface area contributed by atoms with Crippen LogP contribution in [0, 0.1) is 0 Å². The van der Waals surface area contributed by atoms with E-state index in [1.165, 1.54) is 0 Å². The van der Waals surface area contributed by atoms with Gasteiger partial charge >= 0.3 is 0 Å². The summed E-state index contributed by atoms with van der Waals surface area (Å²) < 4.78 is 11.0. The Kier molecular flexibility index (Phi) is 6.22. The summed E-state index contributed by atoms with van der Waals surface area (Å²) in [4.78, 5) is 11.2. The number of benzene rings is 1. The fourth-order valence-corrected chi connectivity index (χ4v) is 1.40. The first-order valence-electron chi connectivity index (χ1n) is 6.09. The fourth-order valence-electron chi connectivity index (χ4n) is 1.40. The molecular weight excluding hydrogens is 242 g/mol. The van der Waals surface area contributed by atoms with Crippen molar-refractivity contribution >= 4 is 5.91 Å². The Morgan fingerprint density at radius 3 is 1.89 bits per heavy atom. The second-order valence-electron chi connectivity index (χ2n) is 3.91. The van der Waals surface area contributed by atoms with Crippen LogP contribution in [0.5, 0.6) is 11.5 Å². The van der Waals surface area contributed by atoms with Crippen molar-refractivity contribution in [1.29, 1.82) is 0 Å². The van der Waals surface area contributed by atoms with Crippen LogP contribution in [0.4, 0.5) is 0 Å². The quantitative estimate of drug-likeness (QED) is 0.549. The number of rotatable bonds is 9. The number of carbonyl (C=O) groups is 1. The van der Waals surface area contributed by atoms with Crippen LogP contribution in [0.25, 0.3) is 0 Å². The van der Waals surface area contributed by atoms with Crippen molar-refractivity contribution < 1.29 is 14.3 Å². The highest BCUT2D eigenvalue weighted by Crippen LogP contribution is 2.23. The second kappa shape index (κ2) is 7.97. The zero-order valence-corrected chi connectivity index (χ0v) is 10.9. The van der Waals surface area contributed by atoms with E-state index >= 15 is 0 Å². The molecule has 0 saturated heterocycles. The largest absolute Gasteiger partial charge is 0.493 e. The normalized spacial score (nSPS) is 9.68. The van der Waals surface area contributed by atoms with Gasteiger partial charge in [0.25, 0.3) is 0 Å². The first kappa shape index (κ1) is 14.8. The summed E-state index contributed by atoms with van der Waals surface area (Å²) in [7, 11) is 0. The maximum Gasteiger partial charge on any atom is 0.248 e. The molecule has 0 spiro atoms. The third-order valence-electron chi connectivity index (χ3n) is 2.35. The van der Waals surface area contributed by atoms with Crippen LogP contribution < -0.4 is 15.2 Å². The van der Waals surface area contributed by atoms with Gasteiger partial charge in [-0.25, -0.2) is 0 Å². The highest BCUT2D eigenvalue weighted by atomic mass is 16.5. The number of ether oxygens (including phenoxy) is 2. The van der Waals surface area contributed by atoms with Crippen molar-refractivity contribution in [3.63, 3.8) is 0 Å². The van der Waals surface area contributed by atoms with Crippen molar-refractivity contribution in [3.8, 4) is 11.5 Å². The summed E-state index contributed by atoms with van der Waals surface area (Å²) in [6, 6.07) is 4.94. The Bertz CT molecular complexity index is 422. The Labute approximate surface area is 113 Å². The molecule has 19 heavy (non-hydrogen) atoms. The molecule has 0 atom stereocenters. The molecule has 1 aromatic rings. The molecule has 0 heterocycles. The van der Waals surface area contributed by atoms with Gasteiger partial charge in [-0.2, -0.15) is 0 Å². The third kappa shape index (κ3) is 5.29. The molecule has 4 nitrogen and oxygen atoms in total. The highest BCUT2D eigenvalue weighted by molar-refractivity contribution is 5.93. The lowest BCUT2D eigenvalue weighted by molar-refractivity contribution is 0.0999. The van der Waals surface area contributed by atoms with E-state index in [0.29, 0.717) is 30.3 Å². The monoisotopic (exact) mass is 261 g/mol. The van der Waals surface area contributed by atoms with Gasteiger partial charge in [-0.1, -0.05) is 12.2 Å². The predicted molar refractivity (Wildman–Crippen MR) is 75.6 cm³/mol. The molecule has 0 aliphatic heterocycles. The standard InChI is InChI=1S/C15H19NO3/c1-3-5-7-18-13-9-12(15(16)17)10-14(11-13)19-8-6-4-2/h3-4,9-11H,1-2,5-8H2,(H2,16,17). The van der Waals surface area contributed by atoms with Gasteiger partial charge in [0.1, 0.15) is 11.5 Å². The summed E-state index contributed by atoms with van der Waals surface area (Å²) in [6.45, 7) is 8.23. The second-order valence-corrected chi connectivity index (χ2v) is 3.91. The summed E-state index contributed by atoms with van der Waals surface area (Å²) in [5, 5.41) is 0. The molecule has 0 aliphatic rings.